The Balaban J connectivity index is 2.94. The summed E-state index contributed by atoms with van der Waals surface area (Å²) in [5.74, 6) is -0.680. The Bertz CT molecular complexity index is 674. The lowest BCUT2D eigenvalue weighted by Crippen LogP contribution is -2.16. The quantitative estimate of drug-likeness (QED) is 0.421. The Labute approximate surface area is 116 Å². The van der Waals surface area contributed by atoms with Crippen LogP contribution < -0.4 is 10.6 Å². The van der Waals surface area contributed by atoms with Crippen molar-refractivity contribution in [2.24, 2.45) is 0 Å². The first-order chi connectivity index (χ1) is 9.38. The molecule has 1 amide bonds. The Morgan fingerprint density at radius 2 is 2.20 bits per heavy atom. The van der Waals surface area contributed by atoms with Gasteiger partial charge in [-0.15, -0.1) is 0 Å². The Hall–Kier alpha value is -2.37. The van der Waals surface area contributed by atoms with Gasteiger partial charge in [0, 0.05) is 18.4 Å². The maximum atomic E-state index is 11.8. The lowest BCUT2D eigenvalue weighted by Gasteiger charge is -2.05. The third-order valence-corrected chi connectivity index (χ3v) is 3.06. The zero-order valence-electron chi connectivity index (χ0n) is 10.6. The van der Waals surface area contributed by atoms with Crippen LogP contribution in [0.15, 0.2) is 40.9 Å². The summed E-state index contributed by atoms with van der Waals surface area (Å²) in [5, 5.41) is 13.9. The van der Waals surface area contributed by atoms with Gasteiger partial charge in [0.15, 0.2) is 0 Å². The molecule has 1 rings (SSSR count). The summed E-state index contributed by atoms with van der Waals surface area (Å²) < 4.78 is 30.8. The van der Waals surface area contributed by atoms with Gasteiger partial charge < -0.3 is 10.6 Å². The van der Waals surface area contributed by atoms with E-state index in [9.17, 15) is 13.2 Å². The van der Waals surface area contributed by atoms with Crippen LogP contribution >= 0.6 is 0 Å². The van der Waals surface area contributed by atoms with Crippen molar-refractivity contribution < 1.29 is 17.8 Å². The summed E-state index contributed by atoms with van der Waals surface area (Å²) in [6.45, 7) is 2.36. The van der Waals surface area contributed by atoms with E-state index in [1.807, 2.05) is 0 Å². The molecule has 1 aromatic carbocycles. The second kappa shape index (κ2) is 6.70. The third kappa shape index (κ3) is 4.38. The molecule has 0 radical (unpaired) electrons. The van der Waals surface area contributed by atoms with Crippen molar-refractivity contribution in [1.29, 1.82) is 5.26 Å². The van der Waals surface area contributed by atoms with E-state index < -0.39 is 16.0 Å². The maximum Gasteiger partial charge on any atom is 0.294 e. The molecule has 1 aromatic rings. The van der Waals surface area contributed by atoms with Crippen molar-refractivity contribution in [2.45, 2.75) is 11.8 Å². The average Bonchev–Trinajstić information content (AvgIpc) is 2.39. The Morgan fingerprint density at radius 1 is 1.50 bits per heavy atom. The van der Waals surface area contributed by atoms with Crippen LogP contribution in [0.1, 0.15) is 6.92 Å². The summed E-state index contributed by atoms with van der Waals surface area (Å²) in [6.07, 6.45) is 1.27. The topological polar surface area (TPSA) is 119 Å². The maximum absolute atomic E-state index is 11.8. The number of carbonyl (C=O) groups is 1. The van der Waals surface area contributed by atoms with E-state index in [1.165, 1.54) is 24.4 Å². The van der Waals surface area contributed by atoms with Gasteiger partial charge in [-0.2, -0.15) is 13.7 Å². The molecular formula is C12H13N3O4S. The zero-order valence-corrected chi connectivity index (χ0v) is 11.4. The van der Waals surface area contributed by atoms with Crippen LogP contribution in [-0.4, -0.2) is 25.4 Å². The summed E-state index contributed by atoms with van der Waals surface area (Å²) in [5.41, 5.74) is 0.00637. The first-order valence-corrected chi connectivity index (χ1v) is 7.05. The predicted molar refractivity (Wildman–Crippen MR) is 72.3 cm³/mol. The number of amides is 1. The minimum Gasteiger partial charge on any atom is -0.390 e. The van der Waals surface area contributed by atoms with Crippen molar-refractivity contribution in [3.63, 3.8) is 0 Å². The van der Waals surface area contributed by atoms with Gasteiger partial charge in [0.05, 0.1) is 4.90 Å². The smallest absolute Gasteiger partial charge is 0.294 e. The predicted octanol–water partition coefficient (Wildman–Crippen LogP) is 0.889. The second-order valence-electron chi connectivity index (χ2n) is 3.68. The molecule has 0 saturated heterocycles. The number of nitrogens with one attached hydrogen (secondary N) is 2. The molecule has 7 nitrogen and oxygen atoms in total. The summed E-state index contributed by atoms with van der Waals surface area (Å²) in [6, 6.07) is 6.80. The normalized spacial score (nSPS) is 11.6. The largest absolute Gasteiger partial charge is 0.390 e. The molecule has 0 atom stereocenters. The minimum absolute atomic E-state index is 0.149. The second-order valence-corrected chi connectivity index (χ2v) is 5.11. The SMILES string of the molecule is CCN/C=C(/C#N)C(=O)Nc1cccc(S(=O)(=O)O)c1. The van der Waals surface area contributed by atoms with Gasteiger partial charge >= 0.3 is 0 Å². The first kappa shape index (κ1) is 15.7. The number of anilines is 1. The van der Waals surface area contributed by atoms with Crippen molar-refractivity contribution >= 4 is 21.7 Å². The van der Waals surface area contributed by atoms with Crippen molar-refractivity contribution in [3.05, 3.63) is 36.0 Å². The van der Waals surface area contributed by atoms with E-state index >= 15 is 0 Å². The number of hydrogen-bond acceptors (Lipinski definition) is 5. The molecule has 0 aliphatic rings. The highest BCUT2D eigenvalue weighted by Crippen LogP contribution is 2.15. The molecule has 106 valence electrons. The molecule has 0 saturated carbocycles. The number of hydrogen-bond donors (Lipinski definition) is 3. The van der Waals surface area contributed by atoms with Crippen molar-refractivity contribution in [3.8, 4) is 6.07 Å². The highest BCUT2D eigenvalue weighted by atomic mass is 32.2. The molecule has 0 spiro atoms. The fourth-order valence-electron chi connectivity index (χ4n) is 1.29. The van der Waals surface area contributed by atoms with Crippen LogP contribution in [0.4, 0.5) is 5.69 Å². The number of nitrogens with zero attached hydrogens (tertiary/aromatic N) is 1. The van der Waals surface area contributed by atoms with Gasteiger partial charge in [-0.05, 0) is 25.1 Å². The molecule has 3 N–H and O–H groups in total. The van der Waals surface area contributed by atoms with E-state index in [2.05, 4.69) is 10.6 Å². The fraction of sp³-hybridized carbons (Fsp3) is 0.167. The van der Waals surface area contributed by atoms with Gasteiger partial charge in [-0.25, -0.2) is 0 Å². The molecule has 0 unspecified atom stereocenters. The minimum atomic E-state index is -4.34. The lowest BCUT2D eigenvalue weighted by atomic mass is 10.2. The molecule has 0 aliphatic heterocycles. The first-order valence-electron chi connectivity index (χ1n) is 5.61. The molecule has 0 aromatic heterocycles. The summed E-state index contributed by atoms with van der Waals surface area (Å²) in [7, 11) is -4.34. The van der Waals surface area contributed by atoms with Crippen LogP contribution in [0.25, 0.3) is 0 Å². The Kier molecular flexibility index (Phi) is 5.25. The van der Waals surface area contributed by atoms with E-state index in [4.69, 9.17) is 9.81 Å². The standard InChI is InChI=1S/C12H13N3O4S/c1-2-14-8-9(7-13)12(16)15-10-4-3-5-11(6-10)20(17,18)19/h3-6,8,14H,2H2,1H3,(H,15,16)(H,17,18,19)/b9-8-. The van der Waals surface area contributed by atoms with Crippen LogP contribution in [0.3, 0.4) is 0 Å². The molecule has 20 heavy (non-hydrogen) atoms. The molecule has 0 aliphatic carbocycles. The third-order valence-electron chi connectivity index (χ3n) is 2.21. The number of nitriles is 1. The monoisotopic (exact) mass is 295 g/mol. The van der Waals surface area contributed by atoms with Crippen LogP contribution in [-0.2, 0) is 14.9 Å². The van der Waals surface area contributed by atoms with Crippen LogP contribution in [0, 0.1) is 11.3 Å². The molecular weight excluding hydrogens is 282 g/mol. The highest BCUT2D eigenvalue weighted by Gasteiger charge is 2.12. The van der Waals surface area contributed by atoms with E-state index in [0.717, 1.165) is 6.07 Å². The van der Waals surface area contributed by atoms with E-state index in [1.54, 1.807) is 13.0 Å². The van der Waals surface area contributed by atoms with Crippen molar-refractivity contribution in [1.82, 2.24) is 5.32 Å². The summed E-state index contributed by atoms with van der Waals surface area (Å²) in [4.78, 5) is 11.4. The van der Waals surface area contributed by atoms with E-state index in [-0.39, 0.29) is 16.2 Å². The zero-order chi connectivity index (χ0) is 15.2. The van der Waals surface area contributed by atoms with Crippen LogP contribution in [0.2, 0.25) is 0 Å². The molecule has 0 bridgehead atoms. The van der Waals surface area contributed by atoms with Crippen LogP contribution in [0.5, 0.6) is 0 Å². The van der Waals surface area contributed by atoms with Gasteiger partial charge in [0.2, 0.25) is 0 Å². The number of carbonyl (C=O) groups excluding carboxylic acids is 1. The molecule has 0 fully saturated rings. The number of benzene rings is 1. The lowest BCUT2D eigenvalue weighted by molar-refractivity contribution is -0.112. The van der Waals surface area contributed by atoms with Gasteiger partial charge in [0.1, 0.15) is 11.6 Å². The Morgan fingerprint density at radius 3 is 2.75 bits per heavy atom. The van der Waals surface area contributed by atoms with Gasteiger partial charge in [0.25, 0.3) is 16.0 Å². The highest BCUT2D eigenvalue weighted by molar-refractivity contribution is 7.85. The molecule has 8 heteroatoms. The fourth-order valence-corrected chi connectivity index (χ4v) is 1.81. The van der Waals surface area contributed by atoms with Crippen molar-refractivity contribution in [2.75, 3.05) is 11.9 Å². The van der Waals surface area contributed by atoms with Gasteiger partial charge in [-0.1, -0.05) is 6.07 Å². The average molecular weight is 295 g/mol. The number of rotatable bonds is 5. The molecule has 0 heterocycles. The van der Waals surface area contributed by atoms with E-state index in [0.29, 0.717) is 6.54 Å². The summed E-state index contributed by atoms with van der Waals surface area (Å²) >= 11 is 0. The van der Waals surface area contributed by atoms with Gasteiger partial charge in [-0.3, -0.25) is 9.35 Å².